The Labute approximate surface area is 120 Å². The molecule has 1 aromatic rings. The summed E-state index contributed by atoms with van der Waals surface area (Å²) in [6.07, 6.45) is 0. The molecule has 0 amide bonds. The van der Waals surface area contributed by atoms with Gasteiger partial charge in [-0.15, -0.1) is 0 Å². The number of hydrogen-bond donors (Lipinski definition) is 0. The average molecular weight is 273 g/mol. The van der Waals surface area contributed by atoms with Gasteiger partial charge in [-0.3, -0.25) is 0 Å². The van der Waals surface area contributed by atoms with Crippen LogP contribution in [0.25, 0.3) is 0 Å². The van der Waals surface area contributed by atoms with Crippen LogP contribution in [-0.4, -0.2) is 25.4 Å². The van der Waals surface area contributed by atoms with Gasteiger partial charge < -0.3 is 14.0 Å². The lowest BCUT2D eigenvalue weighted by Crippen LogP contribution is -2.41. The standard InChI is InChI=1S/C15H20BNO3/c1-10-7-11(9-17)13(18-6)8-12(10)16-19-14(2,3)15(4,5)20-16/h7-8H,1-6H3. The summed E-state index contributed by atoms with van der Waals surface area (Å²) in [4.78, 5) is 0. The zero-order chi connectivity index (χ0) is 15.1. The molecule has 2 rings (SSSR count). The third-order valence-corrected chi connectivity index (χ3v) is 4.22. The van der Waals surface area contributed by atoms with Crippen molar-refractivity contribution in [3.05, 3.63) is 23.3 Å². The first-order valence-corrected chi connectivity index (χ1v) is 6.66. The molecule has 20 heavy (non-hydrogen) atoms. The van der Waals surface area contributed by atoms with E-state index >= 15 is 0 Å². The van der Waals surface area contributed by atoms with E-state index in [1.54, 1.807) is 13.2 Å². The minimum absolute atomic E-state index is 0.384. The van der Waals surface area contributed by atoms with Crippen LogP contribution in [0.3, 0.4) is 0 Å². The Balaban J connectivity index is 2.43. The van der Waals surface area contributed by atoms with E-state index in [0.717, 1.165) is 11.0 Å². The van der Waals surface area contributed by atoms with Crippen molar-refractivity contribution < 1.29 is 14.0 Å². The van der Waals surface area contributed by atoms with Gasteiger partial charge in [0.15, 0.2) is 0 Å². The minimum Gasteiger partial charge on any atom is -0.495 e. The van der Waals surface area contributed by atoms with E-state index in [-0.39, 0.29) is 11.2 Å². The molecule has 0 radical (unpaired) electrons. The summed E-state index contributed by atoms with van der Waals surface area (Å²) in [5.41, 5.74) is 1.61. The Bertz CT molecular complexity index is 559. The molecule has 0 unspecified atom stereocenters. The highest BCUT2D eigenvalue weighted by Crippen LogP contribution is 2.37. The van der Waals surface area contributed by atoms with Crippen molar-refractivity contribution in [2.24, 2.45) is 0 Å². The van der Waals surface area contributed by atoms with E-state index in [4.69, 9.17) is 19.3 Å². The van der Waals surface area contributed by atoms with E-state index in [0.29, 0.717) is 11.3 Å². The maximum absolute atomic E-state index is 9.10. The molecule has 1 aliphatic rings. The number of rotatable bonds is 2. The van der Waals surface area contributed by atoms with E-state index < -0.39 is 7.12 Å². The van der Waals surface area contributed by atoms with Crippen LogP contribution in [0, 0.1) is 18.3 Å². The molecule has 0 aromatic heterocycles. The van der Waals surface area contributed by atoms with Crippen molar-refractivity contribution in [3.63, 3.8) is 0 Å². The number of nitrogens with zero attached hydrogens (tertiary/aromatic N) is 1. The molecule has 0 spiro atoms. The molecular formula is C15H20BNO3. The third-order valence-electron chi connectivity index (χ3n) is 4.22. The lowest BCUT2D eigenvalue weighted by atomic mass is 9.75. The van der Waals surface area contributed by atoms with Gasteiger partial charge in [0.25, 0.3) is 0 Å². The lowest BCUT2D eigenvalue weighted by Gasteiger charge is -2.32. The highest BCUT2D eigenvalue weighted by Gasteiger charge is 2.52. The summed E-state index contributed by atoms with van der Waals surface area (Å²) in [5, 5.41) is 9.10. The summed E-state index contributed by atoms with van der Waals surface area (Å²) in [6, 6.07) is 5.77. The van der Waals surface area contributed by atoms with Gasteiger partial charge in [-0.25, -0.2) is 0 Å². The van der Waals surface area contributed by atoms with Gasteiger partial charge in [0.1, 0.15) is 11.8 Å². The fraction of sp³-hybridized carbons (Fsp3) is 0.533. The number of ether oxygens (including phenoxy) is 1. The van der Waals surface area contributed by atoms with E-state index in [1.807, 2.05) is 40.7 Å². The predicted octanol–water partition coefficient (Wildman–Crippen LogP) is 2.17. The van der Waals surface area contributed by atoms with Crippen LogP contribution in [0.4, 0.5) is 0 Å². The van der Waals surface area contributed by atoms with Gasteiger partial charge in [-0.2, -0.15) is 5.26 Å². The van der Waals surface area contributed by atoms with Crippen molar-refractivity contribution in [2.45, 2.75) is 45.8 Å². The summed E-state index contributed by atoms with van der Waals surface area (Å²) < 4.78 is 17.3. The number of methoxy groups -OCH3 is 1. The topological polar surface area (TPSA) is 51.5 Å². The minimum atomic E-state index is -0.443. The maximum Gasteiger partial charge on any atom is 0.495 e. The Morgan fingerprint density at radius 2 is 1.70 bits per heavy atom. The van der Waals surface area contributed by atoms with Crippen molar-refractivity contribution >= 4 is 12.6 Å². The van der Waals surface area contributed by atoms with Gasteiger partial charge in [-0.1, -0.05) is 0 Å². The SMILES string of the molecule is COc1cc(B2OC(C)(C)C(C)(C)O2)c(C)cc1C#N. The Morgan fingerprint density at radius 1 is 1.15 bits per heavy atom. The molecule has 1 heterocycles. The van der Waals surface area contributed by atoms with Gasteiger partial charge >= 0.3 is 7.12 Å². The normalized spacial score (nSPS) is 19.8. The van der Waals surface area contributed by atoms with Crippen molar-refractivity contribution in [2.75, 3.05) is 7.11 Å². The first-order chi connectivity index (χ1) is 9.21. The van der Waals surface area contributed by atoms with Crippen LogP contribution in [0.5, 0.6) is 5.75 Å². The van der Waals surface area contributed by atoms with Crippen LogP contribution in [-0.2, 0) is 9.31 Å². The molecule has 0 aliphatic carbocycles. The second kappa shape index (κ2) is 4.80. The number of aryl methyl sites for hydroxylation is 1. The molecule has 4 nitrogen and oxygen atoms in total. The highest BCUT2D eigenvalue weighted by atomic mass is 16.7. The zero-order valence-corrected chi connectivity index (χ0v) is 12.9. The fourth-order valence-electron chi connectivity index (χ4n) is 2.18. The van der Waals surface area contributed by atoms with Gasteiger partial charge in [-0.05, 0) is 57.8 Å². The second-order valence-electron chi connectivity index (χ2n) is 6.11. The average Bonchev–Trinajstić information content (AvgIpc) is 2.57. The fourth-order valence-corrected chi connectivity index (χ4v) is 2.18. The predicted molar refractivity (Wildman–Crippen MR) is 78.2 cm³/mol. The lowest BCUT2D eigenvalue weighted by molar-refractivity contribution is 0.00578. The molecule has 5 heteroatoms. The van der Waals surface area contributed by atoms with Crippen molar-refractivity contribution in [1.29, 1.82) is 5.26 Å². The summed E-state index contributed by atoms with van der Waals surface area (Å²) >= 11 is 0. The van der Waals surface area contributed by atoms with Crippen molar-refractivity contribution in [1.82, 2.24) is 0 Å². The number of benzene rings is 1. The molecule has 1 aliphatic heterocycles. The van der Waals surface area contributed by atoms with Crippen molar-refractivity contribution in [3.8, 4) is 11.8 Å². The van der Waals surface area contributed by atoms with Gasteiger partial charge in [0.2, 0.25) is 0 Å². The molecule has 0 atom stereocenters. The van der Waals surface area contributed by atoms with Gasteiger partial charge in [0.05, 0.1) is 23.9 Å². The number of nitriles is 1. The smallest absolute Gasteiger partial charge is 0.495 e. The molecular weight excluding hydrogens is 253 g/mol. The molecule has 1 saturated heterocycles. The van der Waals surface area contributed by atoms with Crippen LogP contribution in [0.2, 0.25) is 0 Å². The quantitative estimate of drug-likeness (QED) is 0.775. The Morgan fingerprint density at radius 3 is 2.15 bits per heavy atom. The van der Waals surface area contributed by atoms with E-state index in [2.05, 4.69) is 6.07 Å². The van der Waals surface area contributed by atoms with E-state index in [9.17, 15) is 0 Å². The molecule has 106 valence electrons. The highest BCUT2D eigenvalue weighted by molar-refractivity contribution is 6.62. The van der Waals surface area contributed by atoms with E-state index in [1.165, 1.54) is 0 Å². The monoisotopic (exact) mass is 273 g/mol. The van der Waals surface area contributed by atoms with Gasteiger partial charge in [0, 0.05) is 0 Å². The van der Waals surface area contributed by atoms with Crippen LogP contribution < -0.4 is 10.2 Å². The maximum atomic E-state index is 9.10. The third kappa shape index (κ3) is 2.30. The van der Waals surface area contributed by atoms with Crippen LogP contribution in [0.15, 0.2) is 12.1 Å². The summed E-state index contributed by atoms with van der Waals surface area (Å²) in [6.45, 7) is 10.0. The second-order valence-corrected chi connectivity index (χ2v) is 6.11. The molecule has 0 saturated carbocycles. The number of hydrogen-bond acceptors (Lipinski definition) is 4. The molecule has 1 fully saturated rings. The molecule has 0 bridgehead atoms. The zero-order valence-electron chi connectivity index (χ0n) is 12.9. The largest absolute Gasteiger partial charge is 0.495 e. The Hall–Kier alpha value is -1.51. The first kappa shape index (κ1) is 14.9. The summed E-state index contributed by atoms with van der Waals surface area (Å²) in [7, 11) is 1.11. The summed E-state index contributed by atoms with van der Waals surface area (Å²) in [5.74, 6) is 0.544. The first-order valence-electron chi connectivity index (χ1n) is 6.66. The molecule has 1 aromatic carbocycles. The van der Waals surface area contributed by atoms with Crippen LogP contribution in [0.1, 0.15) is 38.8 Å². The van der Waals surface area contributed by atoms with Crippen LogP contribution >= 0.6 is 0 Å². The Kier molecular flexibility index (Phi) is 3.57. The molecule has 0 N–H and O–H groups in total.